The minimum atomic E-state index is -0.0244. The van der Waals surface area contributed by atoms with Crippen molar-refractivity contribution in [3.8, 4) is 5.75 Å². The van der Waals surface area contributed by atoms with Gasteiger partial charge in [0.1, 0.15) is 18.0 Å². The van der Waals surface area contributed by atoms with Gasteiger partial charge in [0.25, 0.3) is 0 Å². The van der Waals surface area contributed by atoms with Crippen molar-refractivity contribution in [2.75, 3.05) is 13.2 Å². The van der Waals surface area contributed by atoms with Crippen LogP contribution in [-0.2, 0) is 11.2 Å². The topological polar surface area (TPSA) is 21.8 Å². The van der Waals surface area contributed by atoms with E-state index in [0.29, 0.717) is 6.61 Å². The second-order valence-electron chi connectivity index (χ2n) is 4.02. The number of epoxide rings is 1. The van der Waals surface area contributed by atoms with Crippen molar-refractivity contribution in [3.63, 3.8) is 0 Å². The molecule has 1 aliphatic rings. The summed E-state index contributed by atoms with van der Waals surface area (Å²) in [7, 11) is 0. The Balaban J connectivity index is 1.89. The van der Waals surface area contributed by atoms with Crippen molar-refractivity contribution in [1.29, 1.82) is 0 Å². The first-order valence-electron chi connectivity index (χ1n) is 5.07. The van der Waals surface area contributed by atoms with Crippen LogP contribution in [0.3, 0.4) is 0 Å². The van der Waals surface area contributed by atoms with E-state index in [9.17, 15) is 0 Å². The van der Waals surface area contributed by atoms with E-state index in [-0.39, 0.29) is 5.60 Å². The molecule has 0 saturated carbocycles. The van der Waals surface area contributed by atoms with Crippen molar-refractivity contribution in [2.24, 2.45) is 0 Å². The average molecular weight is 192 g/mol. The molecule has 1 fully saturated rings. The normalized spacial score (nSPS) is 24.7. The largest absolute Gasteiger partial charge is 0.491 e. The highest BCUT2D eigenvalue weighted by molar-refractivity contribution is 5.27. The first kappa shape index (κ1) is 9.53. The zero-order valence-corrected chi connectivity index (χ0v) is 8.75. The first-order chi connectivity index (χ1) is 6.72. The van der Waals surface area contributed by atoms with E-state index in [1.807, 2.05) is 12.1 Å². The van der Waals surface area contributed by atoms with Crippen LogP contribution in [0.5, 0.6) is 5.75 Å². The van der Waals surface area contributed by atoms with Gasteiger partial charge in [-0.2, -0.15) is 0 Å². The zero-order chi connectivity index (χ0) is 10.0. The zero-order valence-electron chi connectivity index (χ0n) is 8.75. The summed E-state index contributed by atoms with van der Waals surface area (Å²) in [5, 5.41) is 0. The van der Waals surface area contributed by atoms with Crippen LogP contribution in [0.2, 0.25) is 0 Å². The van der Waals surface area contributed by atoms with Crippen molar-refractivity contribution < 1.29 is 9.47 Å². The van der Waals surface area contributed by atoms with Crippen molar-refractivity contribution in [1.82, 2.24) is 0 Å². The number of aryl methyl sites for hydroxylation is 1. The van der Waals surface area contributed by atoms with Crippen LogP contribution in [0.1, 0.15) is 19.4 Å². The average Bonchev–Trinajstić information content (AvgIpc) is 2.95. The Morgan fingerprint density at radius 2 is 2.00 bits per heavy atom. The summed E-state index contributed by atoms with van der Waals surface area (Å²) >= 11 is 0. The van der Waals surface area contributed by atoms with Crippen LogP contribution in [0.15, 0.2) is 24.3 Å². The van der Waals surface area contributed by atoms with Gasteiger partial charge in [-0.05, 0) is 31.0 Å². The summed E-state index contributed by atoms with van der Waals surface area (Å²) in [6.07, 6.45) is 1.07. The number of hydrogen-bond acceptors (Lipinski definition) is 2. The molecule has 0 radical (unpaired) electrons. The molecule has 1 saturated heterocycles. The number of hydrogen-bond donors (Lipinski definition) is 0. The fourth-order valence-corrected chi connectivity index (χ4v) is 1.26. The third-order valence-electron chi connectivity index (χ3n) is 2.51. The van der Waals surface area contributed by atoms with Gasteiger partial charge in [0.05, 0.1) is 6.61 Å². The van der Waals surface area contributed by atoms with Crippen molar-refractivity contribution in [2.45, 2.75) is 25.9 Å². The molecule has 2 rings (SSSR count). The van der Waals surface area contributed by atoms with Gasteiger partial charge in [0, 0.05) is 0 Å². The molecule has 1 unspecified atom stereocenters. The molecule has 1 aliphatic heterocycles. The molecule has 0 spiro atoms. The molecule has 0 N–H and O–H groups in total. The quantitative estimate of drug-likeness (QED) is 0.683. The summed E-state index contributed by atoms with van der Waals surface area (Å²) in [6, 6.07) is 8.24. The Morgan fingerprint density at radius 3 is 2.50 bits per heavy atom. The lowest BCUT2D eigenvalue weighted by Gasteiger charge is -2.08. The van der Waals surface area contributed by atoms with Gasteiger partial charge < -0.3 is 9.47 Å². The summed E-state index contributed by atoms with van der Waals surface area (Å²) in [4.78, 5) is 0. The van der Waals surface area contributed by atoms with Gasteiger partial charge in [-0.15, -0.1) is 0 Å². The standard InChI is InChI=1S/C12H16O2/c1-3-10-4-6-11(7-5-10)13-8-12(2)9-14-12/h4-7H,3,8-9H2,1-2H3. The van der Waals surface area contributed by atoms with E-state index < -0.39 is 0 Å². The molecule has 2 heteroatoms. The van der Waals surface area contributed by atoms with Crippen LogP contribution in [0.4, 0.5) is 0 Å². The molecule has 1 aromatic rings. The minimum Gasteiger partial charge on any atom is -0.491 e. The second kappa shape index (κ2) is 3.62. The Labute approximate surface area is 84.8 Å². The Bertz CT molecular complexity index is 299. The molecular formula is C12H16O2. The molecule has 1 atom stereocenters. The molecule has 1 heterocycles. The van der Waals surface area contributed by atoms with E-state index >= 15 is 0 Å². The Kier molecular flexibility index (Phi) is 2.46. The molecule has 0 amide bonds. The molecule has 0 aromatic heterocycles. The molecule has 76 valence electrons. The fraction of sp³-hybridized carbons (Fsp3) is 0.500. The molecular weight excluding hydrogens is 176 g/mol. The van der Waals surface area contributed by atoms with Gasteiger partial charge in [-0.25, -0.2) is 0 Å². The van der Waals surface area contributed by atoms with Crippen molar-refractivity contribution in [3.05, 3.63) is 29.8 Å². The molecule has 0 bridgehead atoms. The predicted molar refractivity (Wildman–Crippen MR) is 55.7 cm³/mol. The SMILES string of the molecule is CCc1ccc(OCC2(C)CO2)cc1. The van der Waals surface area contributed by atoms with Gasteiger partial charge in [-0.3, -0.25) is 0 Å². The summed E-state index contributed by atoms with van der Waals surface area (Å²) in [5.74, 6) is 0.930. The maximum atomic E-state index is 5.61. The molecule has 0 aliphatic carbocycles. The molecule has 14 heavy (non-hydrogen) atoms. The Hall–Kier alpha value is -1.02. The van der Waals surface area contributed by atoms with Gasteiger partial charge in [0.2, 0.25) is 0 Å². The lowest BCUT2D eigenvalue weighted by atomic mass is 10.2. The summed E-state index contributed by atoms with van der Waals surface area (Å²) < 4.78 is 10.8. The second-order valence-corrected chi connectivity index (χ2v) is 4.02. The van der Waals surface area contributed by atoms with Crippen LogP contribution < -0.4 is 4.74 Å². The monoisotopic (exact) mass is 192 g/mol. The third kappa shape index (κ3) is 2.26. The highest BCUT2D eigenvalue weighted by Gasteiger charge is 2.40. The highest BCUT2D eigenvalue weighted by Crippen LogP contribution is 2.26. The van der Waals surface area contributed by atoms with Gasteiger partial charge in [-0.1, -0.05) is 19.1 Å². The van der Waals surface area contributed by atoms with E-state index in [1.165, 1.54) is 5.56 Å². The third-order valence-corrected chi connectivity index (χ3v) is 2.51. The van der Waals surface area contributed by atoms with Crippen LogP contribution in [0.25, 0.3) is 0 Å². The predicted octanol–water partition coefficient (Wildman–Crippen LogP) is 2.42. The van der Waals surface area contributed by atoms with Crippen LogP contribution in [-0.4, -0.2) is 18.8 Å². The van der Waals surface area contributed by atoms with E-state index in [2.05, 4.69) is 26.0 Å². The summed E-state index contributed by atoms with van der Waals surface area (Å²) in [5.41, 5.74) is 1.31. The lowest BCUT2D eigenvalue weighted by Crippen LogP contribution is -2.16. The summed E-state index contributed by atoms with van der Waals surface area (Å²) in [6.45, 7) is 5.68. The maximum absolute atomic E-state index is 5.61. The van der Waals surface area contributed by atoms with E-state index in [0.717, 1.165) is 18.8 Å². The molecule has 2 nitrogen and oxygen atoms in total. The number of rotatable bonds is 4. The minimum absolute atomic E-state index is 0.0244. The van der Waals surface area contributed by atoms with E-state index in [4.69, 9.17) is 9.47 Å². The van der Waals surface area contributed by atoms with Crippen LogP contribution >= 0.6 is 0 Å². The smallest absolute Gasteiger partial charge is 0.123 e. The first-order valence-corrected chi connectivity index (χ1v) is 5.07. The van der Waals surface area contributed by atoms with Crippen LogP contribution in [0, 0.1) is 0 Å². The molecule has 1 aromatic carbocycles. The number of benzene rings is 1. The van der Waals surface area contributed by atoms with Crippen molar-refractivity contribution >= 4 is 0 Å². The van der Waals surface area contributed by atoms with Gasteiger partial charge in [0.15, 0.2) is 0 Å². The van der Waals surface area contributed by atoms with E-state index in [1.54, 1.807) is 0 Å². The lowest BCUT2D eigenvalue weighted by molar-refractivity contribution is 0.202. The highest BCUT2D eigenvalue weighted by atomic mass is 16.6. The maximum Gasteiger partial charge on any atom is 0.123 e. The fourth-order valence-electron chi connectivity index (χ4n) is 1.26. The Morgan fingerprint density at radius 1 is 1.36 bits per heavy atom. The van der Waals surface area contributed by atoms with Gasteiger partial charge >= 0.3 is 0 Å². The number of ether oxygens (including phenoxy) is 2.